The lowest BCUT2D eigenvalue weighted by molar-refractivity contribution is -0.385. The van der Waals surface area contributed by atoms with Crippen molar-refractivity contribution < 1.29 is 22.3 Å². The van der Waals surface area contributed by atoms with Crippen LogP contribution in [0.2, 0.25) is 10.0 Å². The first-order valence-electron chi connectivity index (χ1n) is 9.37. The van der Waals surface area contributed by atoms with Gasteiger partial charge in [-0.05, 0) is 42.5 Å². The molecule has 1 amide bonds. The molecule has 0 fully saturated rings. The summed E-state index contributed by atoms with van der Waals surface area (Å²) >= 11 is 15.2. The van der Waals surface area contributed by atoms with Gasteiger partial charge in [-0.25, -0.2) is 0 Å². The highest BCUT2D eigenvalue weighted by molar-refractivity contribution is 9.10. The van der Waals surface area contributed by atoms with E-state index < -0.39 is 37.1 Å². The Hall–Kier alpha value is -3.43. The maximum absolute atomic E-state index is 12.8. The minimum absolute atomic E-state index is 0.0669. The van der Waals surface area contributed by atoms with Gasteiger partial charge in [0.25, 0.3) is 11.6 Å². The Kier molecular flexibility index (Phi) is 8.14. The van der Waals surface area contributed by atoms with E-state index in [0.29, 0.717) is 4.47 Å². The molecule has 0 spiro atoms. The third-order valence-electron chi connectivity index (χ3n) is 4.35. The smallest absolute Gasteiger partial charge is 0.339 e. The molecule has 0 radical (unpaired) electrons. The number of benzene rings is 3. The Balaban J connectivity index is 1.97. The number of nitro groups is 1. The topological polar surface area (TPSA) is 139 Å². The molecule has 0 atom stereocenters. The molecular weight excluding hydrogens is 585 g/mol. The zero-order valence-corrected chi connectivity index (χ0v) is 21.2. The monoisotopic (exact) mass is 595 g/mol. The summed E-state index contributed by atoms with van der Waals surface area (Å²) in [6.07, 6.45) is 1.12. The highest BCUT2D eigenvalue weighted by atomic mass is 79.9. The zero-order chi connectivity index (χ0) is 25.8. The first-order chi connectivity index (χ1) is 16.5. The summed E-state index contributed by atoms with van der Waals surface area (Å²) in [5.74, 6) is -1.05. The zero-order valence-electron chi connectivity index (χ0n) is 17.2. The molecule has 3 aromatic rings. The molecule has 13 heteroatoms. The lowest BCUT2D eigenvalue weighted by atomic mass is 10.1. The van der Waals surface area contributed by atoms with E-state index in [1.54, 1.807) is 12.1 Å². The fraction of sp³-hybridized carbons (Fsp3) is 0. The van der Waals surface area contributed by atoms with Crippen molar-refractivity contribution >= 4 is 72.6 Å². The molecule has 3 aromatic carbocycles. The average Bonchev–Trinajstić information content (AvgIpc) is 2.82. The van der Waals surface area contributed by atoms with Crippen LogP contribution in [0.15, 0.2) is 75.6 Å². The molecule has 178 valence electrons. The Morgan fingerprint density at radius 1 is 1.14 bits per heavy atom. The highest BCUT2D eigenvalue weighted by Crippen LogP contribution is 2.31. The first kappa shape index (κ1) is 26.2. The number of rotatable bonds is 7. The highest BCUT2D eigenvalue weighted by Gasteiger charge is 2.22. The fourth-order valence-corrected chi connectivity index (χ4v) is 4.44. The largest absolute Gasteiger partial charge is 0.378 e. The van der Waals surface area contributed by atoms with Crippen LogP contribution in [0.5, 0.6) is 5.75 Å². The van der Waals surface area contributed by atoms with Crippen LogP contribution in [-0.4, -0.2) is 19.2 Å². The first-order valence-corrected chi connectivity index (χ1v) is 12.3. The van der Waals surface area contributed by atoms with Crippen molar-refractivity contribution in [1.29, 1.82) is 5.26 Å². The van der Waals surface area contributed by atoms with Crippen molar-refractivity contribution in [3.63, 3.8) is 0 Å². The predicted molar refractivity (Wildman–Crippen MR) is 134 cm³/mol. The third kappa shape index (κ3) is 6.37. The maximum Gasteiger partial charge on any atom is 0.339 e. The van der Waals surface area contributed by atoms with E-state index in [9.17, 15) is 28.6 Å². The van der Waals surface area contributed by atoms with Gasteiger partial charge in [-0.15, -0.1) is 0 Å². The number of nitrogens with zero attached hydrogens (tertiary/aromatic N) is 2. The van der Waals surface area contributed by atoms with Crippen molar-refractivity contribution in [2.75, 3.05) is 5.32 Å². The Labute approximate surface area is 217 Å². The molecule has 0 bridgehead atoms. The molecule has 35 heavy (non-hydrogen) atoms. The average molecular weight is 597 g/mol. The van der Waals surface area contributed by atoms with Gasteiger partial charge in [-0.2, -0.15) is 13.7 Å². The van der Waals surface area contributed by atoms with E-state index in [2.05, 4.69) is 21.2 Å². The lowest BCUT2D eigenvalue weighted by Crippen LogP contribution is -2.14. The molecule has 0 aliphatic rings. The summed E-state index contributed by atoms with van der Waals surface area (Å²) in [4.78, 5) is 22.5. The third-order valence-corrected chi connectivity index (χ3v) is 6.90. The second-order valence-corrected chi connectivity index (χ2v) is 9.95. The van der Waals surface area contributed by atoms with Crippen LogP contribution in [0.25, 0.3) is 6.08 Å². The minimum atomic E-state index is -4.49. The van der Waals surface area contributed by atoms with Crippen molar-refractivity contribution in [3.05, 3.63) is 96.4 Å². The standard InChI is InChI=1S/C22H12BrCl2N3O6S/c23-15-7-8-20(34-35(32,33)17-4-1-3-16(11-17)28(30)31)13(10-15)9-14(12-26)22(29)27-19-6-2-5-18(24)21(19)25/h1-11H,(H,27,29)/b14-9+. The van der Waals surface area contributed by atoms with Gasteiger partial charge in [0.05, 0.1) is 20.7 Å². The normalized spacial score (nSPS) is 11.4. The lowest BCUT2D eigenvalue weighted by Gasteiger charge is -2.11. The molecular formula is C22H12BrCl2N3O6S. The number of non-ortho nitro benzene ring substituents is 1. The second-order valence-electron chi connectivity index (χ2n) is 6.70. The number of hydrogen-bond donors (Lipinski definition) is 1. The summed E-state index contributed by atoms with van der Waals surface area (Å²) in [6.45, 7) is 0. The van der Waals surface area contributed by atoms with Crippen molar-refractivity contribution in [3.8, 4) is 11.8 Å². The number of nitriles is 1. The molecule has 0 aromatic heterocycles. The van der Waals surface area contributed by atoms with E-state index in [1.165, 1.54) is 36.4 Å². The van der Waals surface area contributed by atoms with E-state index in [0.717, 1.165) is 24.3 Å². The number of nitro benzene ring substituents is 1. The molecule has 0 heterocycles. The molecule has 0 aliphatic carbocycles. The predicted octanol–water partition coefficient (Wildman–Crippen LogP) is 5.98. The fourth-order valence-electron chi connectivity index (χ4n) is 2.72. The number of amides is 1. The molecule has 0 saturated carbocycles. The van der Waals surface area contributed by atoms with Crippen molar-refractivity contribution in [2.45, 2.75) is 4.90 Å². The maximum atomic E-state index is 12.8. The number of nitrogens with one attached hydrogen (secondary N) is 1. The molecule has 1 N–H and O–H groups in total. The summed E-state index contributed by atoms with van der Waals surface area (Å²) in [5, 5.41) is 23.3. The van der Waals surface area contributed by atoms with Gasteiger partial charge in [0.1, 0.15) is 22.3 Å². The van der Waals surface area contributed by atoms with Crippen LogP contribution in [0, 0.1) is 21.4 Å². The molecule has 9 nitrogen and oxygen atoms in total. The summed E-state index contributed by atoms with van der Waals surface area (Å²) < 4.78 is 31.2. The van der Waals surface area contributed by atoms with E-state index in [4.69, 9.17) is 27.4 Å². The summed E-state index contributed by atoms with van der Waals surface area (Å²) in [5.41, 5.74) is -0.591. The van der Waals surface area contributed by atoms with Gasteiger partial charge in [-0.3, -0.25) is 14.9 Å². The molecule has 0 unspecified atom stereocenters. The van der Waals surface area contributed by atoms with E-state index in [1.807, 2.05) is 0 Å². The second kappa shape index (κ2) is 10.9. The number of halogens is 3. The number of anilines is 1. The Morgan fingerprint density at radius 3 is 2.54 bits per heavy atom. The number of carbonyl (C=O) groups excluding carboxylic acids is 1. The minimum Gasteiger partial charge on any atom is -0.378 e. The van der Waals surface area contributed by atoms with Gasteiger partial charge in [0.15, 0.2) is 0 Å². The number of carbonyl (C=O) groups is 1. The SMILES string of the molecule is N#C/C(=C\c1cc(Br)ccc1OS(=O)(=O)c1cccc([N+](=O)[O-])c1)C(=O)Nc1cccc(Cl)c1Cl. The number of hydrogen-bond acceptors (Lipinski definition) is 7. The van der Waals surface area contributed by atoms with E-state index in [-0.39, 0.29) is 27.0 Å². The quantitative estimate of drug-likeness (QED) is 0.116. The molecule has 0 aliphatic heterocycles. The van der Waals surface area contributed by atoms with Gasteiger partial charge in [-0.1, -0.05) is 51.3 Å². The van der Waals surface area contributed by atoms with Gasteiger partial charge >= 0.3 is 10.1 Å². The van der Waals surface area contributed by atoms with Gasteiger partial charge < -0.3 is 9.50 Å². The van der Waals surface area contributed by atoms with Crippen LogP contribution >= 0.6 is 39.1 Å². The summed E-state index contributed by atoms with van der Waals surface area (Å²) in [6, 6.07) is 14.8. The van der Waals surface area contributed by atoms with Crippen LogP contribution in [0.3, 0.4) is 0 Å². The van der Waals surface area contributed by atoms with Crippen LogP contribution in [0.1, 0.15) is 5.56 Å². The van der Waals surface area contributed by atoms with Gasteiger partial charge in [0.2, 0.25) is 0 Å². The summed E-state index contributed by atoms with van der Waals surface area (Å²) in [7, 11) is -4.49. The van der Waals surface area contributed by atoms with Crippen molar-refractivity contribution in [1.82, 2.24) is 0 Å². The van der Waals surface area contributed by atoms with Crippen LogP contribution in [0.4, 0.5) is 11.4 Å². The molecule has 0 saturated heterocycles. The van der Waals surface area contributed by atoms with Crippen LogP contribution in [-0.2, 0) is 14.9 Å². The Morgan fingerprint density at radius 2 is 1.86 bits per heavy atom. The van der Waals surface area contributed by atoms with E-state index >= 15 is 0 Å². The van der Waals surface area contributed by atoms with Crippen LogP contribution < -0.4 is 9.50 Å². The Bertz CT molecular complexity index is 1520. The van der Waals surface area contributed by atoms with Crippen molar-refractivity contribution in [2.24, 2.45) is 0 Å². The van der Waals surface area contributed by atoms with Gasteiger partial charge in [0, 0.05) is 22.2 Å². The molecule has 3 rings (SSSR count).